The van der Waals surface area contributed by atoms with E-state index in [-0.39, 0.29) is 11.8 Å². The van der Waals surface area contributed by atoms with Crippen molar-refractivity contribution in [2.75, 3.05) is 21.3 Å². The van der Waals surface area contributed by atoms with Crippen LogP contribution in [0, 0.1) is 11.3 Å². The number of allylic oxidation sites excluding steroid dienone is 1. The van der Waals surface area contributed by atoms with Gasteiger partial charge in [0.1, 0.15) is 12.3 Å². The number of ether oxygens (including phenoxy) is 2. The molecule has 1 rings (SSSR count). The maximum Gasteiger partial charge on any atom is 0.350 e. The molecule has 0 aromatic rings. The molecule has 5 nitrogen and oxygen atoms in total. The first-order valence-electron chi connectivity index (χ1n) is 4.62. The van der Waals surface area contributed by atoms with E-state index < -0.39 is 5.97 Å². The molecule has 1 heterocycles. The van der Waals surface area contributed by atoms with E-state index in [1.807, 2.05) is 6.07 Å². The predicted molar refractivity (Wildman–Crippen MR) is 52.4 cm³/mol. The van der Waals surface area contributed by atoms with E-state index >= 15 is 0 Å². The molecule has 82 valence electrons. The van der Waals surface area contributed by atoms with Crippen molar-refractivity contribution in [3.8, 4) is 6.07 Å². The number of hydrogen-bond donors (Lipinski definition) is 0. The van der Waals surface area contributed by atoms with Crippen molar-refractivity contribution in [2.24, 2.45) is 0 Å². The molecular formula is C10H14N2O3. The number of carbonyl (C=O) groups excluding carboxylic acids is 1. The van der Waals surface area contributed by atoms with E-state index in [1.54, 1.807) is 19.1 Å². The van der Waals surface area contributed by atoms with Gasteiger partial charge in [-0.05, 0) is 12.8 Å². The molecule has 0 saturated carbocycles. The summed E-state index contributed by atoms with van der Waals surface area (Å²) in [6.45, 7) is 0. The first-order valence-corrected chi connectivity index (χ1v) is 4.62. The summed E-state index contributed by atoms with van der Waals surface area (Å²) < 4.78 is 9.74. The number of carbonyl (C=O) groups is 1. The summed E-state index contributed by atoms with van der Waals surface area (Å²) in [5.74, 6) is -0.587. The Hall–Kier alpha value is -1.54. The van der Waals surface area contributed by atoms with E-state index in [2.05, 4.69) is 4.74 Å². The molecule has 15 heavy (non-hydrogen) atoms. The molecule has 5 heteroatoms. The fourth-order valence-corrected chi connectivity index (χ4v) is 1.71. The summed E-state index contributed by atoms with van der Waals surface area (Å²) in [6, 6.07) is 1.88. The largest absolute Gasteiger partial charge is 0.465 e. The van der Waals surface area contributed by atoms with Gasteiger partial charge in [0.15, 0.2) is 5.57 Å². The van der Waals surface area contributed by atoms with Gasteiger partial charge >= 0.3 is 5.97 Å². The highest BCUT2D eigenvalue weighted by atomic mass is 16.5. The van der Waals surface area contributed by atoms with Crippen molar-refractivity contribution in [3.05, 3.63) is 11.3 Å². The molecule has 1 aliphatic rings. The van der Waals surface area contributed by atoms with E-state index in [9.17, 15) is 4.79 Å². The lowest BCUT2D eigenvalue weighted by Crippen LogP contribution is -2.26. The van der Waals surface area contributed by atoms with Crippen LogP contribution >= 0.6 is 0 Å². The van der Waals surface area contributed by atoms with Crippen molar-refractivity contribution in [1.82, 2.24) is 4.90 Å². The van der Waals surface area contributed by atoms with Crippen LogP contribution < -0.4 is 0 Å². The van der Waals surface area contributed by atoms with Gasteiger partial charge in [-0.2, -0.15) is 5.26 Å². The van der Waals surface area contributed by atoms with Gasteiger partial charge in [-0.3, -0.25) is 0 Å². The highest BCUT2D eigenvalue weighted by molar-refractivity contribution is 5.93. The van der Waals surface area contributed by atoms with Crippen molar-refractivity contribution >= 4 is 5.97 Å². The summed E-state index contributed by atoms with van der Waals surface area (Å²) in [5, 5.41) is 8.89. The Bertz CT molecular complexity index is 330. The molecule has 0 aliphatic carbocycles. The van der Waals surface area contributed by atoms with E-state index in [0.29, 0.717) is 12.1 Å². The third-order valence-electron chi connectivity index (χ3n) is 2.55. The highest BCUT2D eigenvalue weighted by Crippen LogP contribution is 2.28. The average Bonchev–Trinajstić information content (AvgIpc) is 2.61. The molecule has 1 atom stereocenters. The van der Waals surface area contributed by atoms with Crippen LogP contribution in [-0.4, -0.2) is 38.4 Å². The third-order valence-corrected chi connectivity index (χ3v) is 2.55. The van der Waals surface area contributed by atoms with Crippen LogP contribution in [0.15, 0.2) is 11.3 Å². The summed E-state index contributed by atoms with van der Waals surface area (Å²) >= 11 is 0. The Labute approximate surface area is 88.9 Å². The average molecular weight is 210 g/mol. The molecule has 0 spiro atoms. The zero-order valence-corrected chi connectivity index (χ0v) is 9.11. The van der Waals surface area contributed by atoms with Crippen LogP contribution in [-0.2, 0) is 14.3 Å². The van der Waals surface area contributed by atoms with Gasteiger partial charge in [-0.25, -0.2) is 4.79 Å². The number of nitriles is 1. The van der Waals surface area contributed by atoms with Crippen LogP contribution in [0.5, 0.6) is 0 Å². The number of likely N-dealkylation sites (tertiary alicyclic amines) is 1. The van der Waals surface area contributed by atoms with Crippen LogP contribution in [0.1, 0.15) is 12.8 Å². The second-order valence-electron chi connectivity index (χ2n) is 3.27. The molecule has 1 aliphatic heterocycles. The van der Waals surface area contributed by atoms with Gasteiger partial charge in [0.2, 0.25) is 0 Å². The smallest absolute Gasteiger partial charge is 0.350 e. The minimum Gasteiger partial charge on any atom is -0.465 e. The Morgan fingerprint density at radius 3 is 2.67 bits per heavy atom. The monoisotopic (exact) mass is 210 g/mol. The minimum atomic E-state index is -0.587. The van der Waals surface area contributed by atoms with Gasteiger partial charge < -0.3 is 14.4 Å². The maximum absolute atomic E-state index is 11.3. The summed E-state index contributed by atoms with van der Waals surface area (Å²) in [4.78, 5) is 13.1. The molecule has 0 radical (unpaired) electrons. The molecule has 0 bridgehead atoms. The quantitative estimate of drug-likeness (QED) is 0.380. The molecule has 0 amide bonds. The van der Waals surface area contributed by atoms with Crippen LogP contribution in [0.3, 0.4) is 0 Å². The molecule has 1 fully saturated rings. The zero-order chi connectivity index (χ0) is 11.4. The standard InChI is InChI=1S/C10H14N2O3/c1-12-8(4-5-9(12)14-2)7(6-11)10(13)15-3/h9H,4-5H2,1-3H3/b8-7+/t9-/m1/s1. The molecule has 0 N–H and O–H groups in total. The molecule has 1 saturated heterocycles. The fourth-order valence-electron chi connectivity index (χ4n) is 1.71. The SMILES string of the molecule is COC(=O)/C(C#N)=C1\CC[C@@H](OC)N1C. The zero-order valence-electron chi connectivity index (χ0n) is 9.11. The number of methoxy groups -OCH3 is 2. The highest BCUT2D eigenvalue weighted by Gasteiger charge is 2.29. The van der Waals surface area contributed by atoms with Gasteiger partial charge in [0.05, 0.1) is 7.11 Å². The van der Waals surface area contributed by atoms with Gasteiger partial charge in [0, 0.05) is 19.9 Å². The Balaban J connectivity index is 2.99. The second-order valence-corrected chi connectivity index (χ2v) is 3.27. The number of rotatable bonds is 2. The first kappa shape index (κ1) is 11.5. The van der Waals surface area contributed by atoms with Crippen LogP contribution in [0.2, 0.25) is 0 Å². The third kappa shape index (κ3) is 2.10. The Morgan fingerprint density at radius 2 is 2.27 bits per heavy atom. The van der Waals surface area contributed by atoms with E-state index in [1.165, 1.54) is 7.11 Å². The molecular weight excluding hydrogens is 196 g/mol. The minimum absolute atomic E-state index is 0.0620. The Kier molecular flexibility index (Phi) is 3.69. The van der Waals surface area contributed by atoms with Gasteiger partial charge in [0.25, 0.3) is 0 Å². The van der Waals surface area contributed by atoms with Crippen LogP contribution in [0.4, 0.5) is 0 Å². The van der Waals surface area contributed by atoms with Crippen molar-refractivity contribution in [1.29, 1.82) is 5.26 Å². The van der Waals surface area contributed by atoms with Crippen molar-refractivity contribution < 1.29 is 14.3 Å². The predicted octanol–water partition coefficient (Wildman–Crippen LogP) is 0.635. The lowest BCUT2D eigenvalue weighted by Gasteiger charge is -2.21. The molecule has 0 aromatic heterocycles. The fraction of sp³-hybridized carbons (Fsp3) is 0.600. The second kappa shape index (κ2) is 4.80. The molecule has 0 unspecified atom stereocenters. The van der Waals surface area contributed by atoms with E-state index in [4.69, 9.17) is 10.00 Å². The number of esters is 1. The van der Waals surface area contributed by atoms with Gasteiger partial charge in [-0.15, -0.1) is 0 Å². The van der Waals surface area contributed by atoms with Gasteiger partial charge in [-0.1, -0.05) is 0 Å². The lowest BCUT2D eigenvalue weighted by atomic mass is 10.2. The first-order chi connectivity index (χ1) is 7.15. The number of hydrogen-bond acceptors (Lipinski definition) is 5. The van der Waals surface area contributed by atoms with Crippen molar-refractivity contribution in [3.63, 3.8) is 0 Å². The van der Waals surface area contributed by atoms with Crippen LogP contribution in [0.25, 0.3) is 0 Å². The Morgan fingerprint density at radius 1 is 1.60 bits per heavy atom. The molecule has 0 aromatic carbocycles. The van der Waals surface area contributed by atoms with Crippen molar-refractivity contribution in [2.45, 2.75) is 19.1 Å². The topological polar surface area (TPSA) is 62.6 Å². The maximum atomic E-state index is 11.3. The summed E-state index contributed by atoms with van der Waals surface area (Å²) in [6.07, 6.45) is 1.38. The number of nitrogens with zero attached hydrogens (tertiary/aromatic N) is 2. The van der Waals surface area contributed by atoms with E-state index in [0.717, 1.165) is 6.42 Å². The lowest BCUT2D eigenvalue weighted by molar-refractivity contribution is -0.135. The summed E-state index contributed by atoms with van der Waals surface area (Å²) in [5.41, 5.74) is 0.760. The summed E-state index contributed by atoms with van der Waals surface area (Å²) in [7, 11) is 4.67. The normalized spacial score (nSPS) is 23.6.